The zero-order chi connectivity index (χ0) is 10.0. The molecule has 1 heterocycles. The fraction of sp³-hybridized carbons (Fsp3) is 0.333. The molecule has 1 aliphatic heterocycles. The lowest BCUT2D eigenvalue weighted by molar-refractivity contribution is 0.220. The van der Waals surface area contributed by atoms with Crippen LogP contribution < -0.4 is 5.32 Å². The number of carbonyl (C=O) groups excluding carboxylic acids is 1. The second kappa shape index (κ2) is 3.31. The molecule has 1 N–H and O–H groups in total. The number of carbonyl (C=O) groups is 1. The van der Waals surface area contributed by atoms with Crippen molar-refractivity contribution in [3.8, 4) is 6.07 Å². The minimum absolute atomic E-state index is 0.204. The normalized spacial score (nSPS) is 20.3. The average molecular weight is 177 g/mol. The molecule has 0 saturated heterocycles. The van der Waals surface area contributed by atoms with Gasteiger partial charge in [-0.1, -0.05) is 0 Å². The number of rotatable bonds is 0. The molecular formula is C9H11N3O. The maximum Gasteiger partial charge on any atom is 0.325 e. The van der Waals surface area contributed by atoms with Gasteiger partial charge in [-0.05, 0) is 19.9 Å². The number of hydrogen-bond donors (Lipinski definition) is 1. The largest absolute Gasteiger partial charge is 0.325 e. The van der Waals surface area contributed by atoms with Crippen molar-refractivity contribution in [3.63, 3.8) is 0 Å². The first-order chi connectivity index (χ1) is 6.06. The molecule has 0 atom stereocenters. The monoisotopic (exact) mass is 177 g/mol. The summed E-state index contributed by atoms with van der Waals surface area (Å²) in [4.78, 5) is 12.7. The molecule has 0 fully saturated rings. The summed E-state index contributed by atoms with van der Waals surface area (Å²) in [5.74, 6) is 0. The number of nitrogens with one attached hydrogen (secondary N) is 1. The van der Waals surface area contributed by atoms with Crippen LogP contribution in [0.25, 0.3) is 0 Å². The maximum absolute atomic E-state index is 11.3. The highest BCUT2D eigenvalue weighted by Crippen LogP contribution is 2.15. The van der Waals surface area contributed by atoms with Crippen LogP contribution in [-0.2, 0) is 0 Å². The van der Waals surface area contributed by atoms with Gasteiger partial charge in [-0.15, -0.1) is 0 Å². The molecule has 0 aromatic carbocycles. The van der Waals surface area contributed by atoms with Crippen LogP contribution in [0, 0.1) is 11.3 Å². The van der Waals surface area contributed by atoms with Crippen molar-refractivity contribution in [2.24, 2.45) is 0 Å². The Labute approximate surface area is 77.1 Å². The van der Waals surface area contributed by atoms with Crippen molar-refractivity contribution in [2.45, 2.75) is 13.8 Å². The second-order valence-corrected chi connectivity index (χ2v) is 2.94. The molecule has 13 heavy (non-hydrogen) atoms. The van der Waals surface area contributed by atoms with Gasteiger partial charge in [0, 0.05) is 12.7 Å². The molecule has 0 radical (unpaired) electrons. The van der Waals surface area contributed by atoms with E-state index in [4.69, 9.17) is 5.26 Å². The Morgan fingerprint density at radius 2 is 2.31 bits per heavy atom. The molecule has 0 saturated carbocycles. The van der Waals surface area contributed by atoms with Gasteiger partial charge in [0.1, 0.15) is 0 Å². The first kappa shape index (κ1) is 9.33. The second-order valence-electron chi connectivity index (χ2n) is 2.94. The molecule has 0 aromatic heterocycles. The van der Waals surface area contributed by atoms with Crippen molar-refractivity contribution < 1.29 is 4.79 Å². The smallest absolute Gasteiger partial charge is 0.312 e. The van der Waals surface area contributed by atoms with Crippen LogP contribution in [0.3, 0.4) is 0 Å². The van der Waals surface area contributed by atoms with Gasteiger partial charge in [-0.25, -0.2) is 4.79 Å². The summed E-state index contributed by atoms with van der Waals surface area (Å²) in [7, 11) is 1.63. The minimum Gasteiger partial charge on any atom is -0.312 e. The van der Waals surface area contributed by atoms with Crippen molar-refractivity contribution >= 4 is 6.03 Å². The molecule has 4 nitrogen and oxygen atoms in total. The third kappa shape index (κ3) is 1.70. The summed E-state index contributed by atoms with van der Waals surface area (Å²) >= 11 is 0. The van der Waals surface area contributed by atoms with E-state index in [-0.39, 0.29) is 6.03 Å². The molecule has 1 aliphatic rings. The van der Waals surface area contributed by atoms with Crippen LogP contribution in [-0.4, -0.2) is 18.0 Å². The summed E-state index contributed by atoms with van der Waals surface area (Å²) in [5, 5.41) is 11.3. The van der Waals surface area contributed by atoms with Crippen LogP contribution in [0.2, 0.25) is 0 Å². The van der Waals surface area contributed by atoms with Crippen LogP contribution >= 0.6 is 0 Å². The van der Waals surface area contributed by atoms with Gasteiger partial charge in [-0.3, -0.25) is 4.90 Å². The Hall–Kier alpha value is -1.76. The lowest BCUT2D eigenvalue weighted by Crippen LogP contribution is -2.39. The summed E-state index contributed by atoms with van der Waals surface area (Å²) in [6.07, 6.45) is 1.78. The van der Waals surface area contributed by atoms with E-state index < -0.39 is 0 Å². The highest BCUT2D eigenvalue weighted by Gasteiger charge is 2.18. The Morgan fingerprint density at radius 1 is 1.69 bits per heavy atom. The first-order valence-electron chi connectivity index (χ1n) is 3.90. The Balaban J connectivity index is 3.19. The van der Waals surface area contributed by atoms with E-state index in [1.807, 2.05) is 6.07 Å². The SMILES string of the molecule is CC1=C/C(=C(\C)C#N)N(C)C(=O)N1. The summed E-state index contributed by atoms with van der Waals surface area (Å²) in [6, 6.07) is 1.82. The number of likely N-dealkylation sites (N-methyl/N-ethyl adjacent to an activating group) is 1. The number of allylic oxidation sites excluding steroid dienone is 3. The topological polar surface area (TPSA) is 56.1 Å². The van der Waals surface area contributed by atoms with Gasteiger partial charge in [0.15, 0.2) is 0 Å². The molecule has 2 amide bonds. The lowest BCUT2D eigenvalue weighted by Gasteiger charge is -2.25. The minimum atomic E-state index is -0.204. The van der Waals surface area contributed by atoms with Crippen LogP contribution in [0.4, 0.5) is 4.79 Å². The number of amides is 2. The predicted octanol–water partition coefficient (Wildman–Crippen LogP) is 1.34. The Bertz CT molecular complexity index is 346. The van der Waals surface area contributed by atoms with Crippen LogP contribution in [0.5, 0.6) is 0 Å². The van der Waals surface area contributed by atoms with E-state index in [1.165, 1.54) is 4.90 Å². The predicted molar refractivity (Wildman–Crippen MR) is 48.4 cm³/mol. The van der Waals surface area contributed by atoms with E-state index in [1.54, 1.807) is 27.0 Å². The zero-order valence-corrected chi connectivity index (χ0v) is 7.88. The van der Waals surface area contributed by atoms with Gasteiger partial charge >= 0.3 is 6.03 Å². The van der Waals surface area contributed by atoms with Gasteiger partial charge in [0.05, 0.1) is 17.3 Å². The molecule has 4 heteroatoms. The van der Waals surface area contributed by atoms with Crippen molar-refractivity contribution in [3.05, 3.63) is 23.0 Å². The van der Waals surface area contributed by atoms with Crippen LogP contribution in [0.15, 0.2) is 23.0 Å². The summed E-state index contributed by atoms with van der Waals surface area (Å²) < 4.78 is 0. The third-order valence-electron chi connectivity index (χ3n) is 1.88. The third-order valence-corrected chi connectivity index (χ3v) is 1.88. The van der Waals surface area contributed by atoms with Crippen molar-refractivity contribution in [2.75, 3.05) is 7.05 Å². The van der Waals surface area contributed by atoms with E-state index in [9.17, 15) is 4.79 Å². The van der Waals surface area contributed by atoms with Crippen LogP contribution in [0.1, 0.15) is 13.8 Å². The fourth-order valence-electron chi connectivity index (χ4n) is 1.12. The van der Waals surface area contributed by atoms with Crippen molar-refractivity contribution in [1.29, 1.82) is 5.26 Å². The summed E-state index contributed by atoms with van der Waals surface area (Å²) in [6.45, 7) is 3.48. The standard InChI is InChI=1S/C9H11N3O/c1-6(5-10)8-4-7(2)11-9(13)12(8)3/h4H,1-3H3,(H,11,13)/b8-6-. The molecule has 0 unspecified atom stereocenters. The van der Waals surface area contributed by atoms with Gasteiger partial charge in [0.25, 0.3) is 0 Å². The van der Waals surface area contributed by atoms with Crippen molar-refractivity contribution in [1.82, 2.24) is 10.2 Å². The highest BCUT2D eigenvalue weighted by molar-refractivity contribution is 5.80. The number of nitriles is 1. The van der Waals surface area contributed by atoms with Gasteiger partial charge in [-0.2, -0.15) is 5.26 Å². The van der Waals surface area contributed by atoms with E-state index in [2.05, 4.69) is 5.32 Å². The molecule has 0 bridgehead atoms. The number of hydrogen-bond acceptors (Lipinski definition) is 2. The van der Waals surface area contributed by atoms with Gasteiger partial charge in [0.2, 0.25) is 0 Å². The Kier molecular flexibility index (Phi) is 2.38. The molecule has 0 aliphatic carbocycles. The molecule has 0 aromatic rings. The molecular weight excluding hydrogens is 166 g/mol. The molecule has 68 valence electrons. The van der Waals surface area contributed by atoms with E-state index >= 15 is 0 Å². The number of urea groups is 1. The van der Waals surface area contributed by atoms with E-state index in [0.717, 1.165) is 5.70 Å². The molecule has 1 rings (SSSR count). The maximum atomic E-state index is 11.3. The Morgan fingerprint density at radius 3 is 2.85 bits per heavy atom. The summed E-state index contributed by atoms with van der Waals surface area (Å²) in [5.41, 5.74) is 1.95. The lowest BCUT2D eigenvalue weighted by atomic mass is 10.2. The van der Waals surface area contributed by atoms with Gasteiger partial charge < -0.3 is 5.32 Å². The zero-order valence-electron chi connectivity index (χ0n) is 7.88. The van der Waals surface area contributed by atoms with E-state index in [0.29, 0.717) is 11.3 Å². The number of nitrogens with zero attached hydrogens (tertiary/aromatic N) is 2. The first-order valence-corrected chi connectivity index (χ1v) is 3.90. The quantitative estimate of drug-likeness (QED) is 0.568. The average Bonchev–Trinajstić information content (AvgIpc) is 2.10. The fourth-order valence-corrected chi connectivity index (χ4v) is 1.12. The molecule has 0 spiro atoms. The highest BCUT2D eigenvalue weighted by atomic mass is 16.2.